The molecule has 0 aliphatic heterocycles. The number of ether oxygens (including phenoxy) is 1. The zero-order valence-corrected chi connectivity index (χ0v) is 10.4. The lowest BCUT2D eigenvalue weighted by Gasteiger charge is -2.08. The van der Waals surface area contributed by atoms with Crippen molar-refractivity contribution in [1.29, 1.82) is 0 Å². The second-order valence-electron chi connectivity index (χ2n) is 3.99. The maximum atomic E-state index is 11.0. The summed E-state index contributed by atoms with van der Waals surface area (Å²) in [6.45, 7) is 1.74. The van der Waals surface area contributed by atoms with Gasteiger partial charge in [0.2, 0.25) is 11.6 Å². The summed E-state index contributed by atoms with van der Waals surface area (Å²) < 4.78 is 5.31. The third-order valence-electron chi connectivity index (χ3n) is 2.52. The fourth-order valence-corrected chi connectivity index (χ4v) is 1.59. The van der Waals surface area contributed by atoms with Gasteiger partial charge in [0.25, 0.3) is 0 Å². The van der Waals surface area contributed by atoms with Crippen molar-refractivity contribution in [3.8, 4) is 11.6 Å². The highest BCUT2D eigenvalue weighted by Crippen LogP contribution is 2.32. The molecule has 0 saturated heterocycles. The summed E-state index contributed by atoms with van der Waals surface area (Å²) in [7, 11) is 0. The molecule has 7 heteroatoms. The number of carbonyl (C=O) groups is 1. The maximum Gasteiger partial charge on any atom is 0.341 e. The number of nitrogens with zero attached hydrogens (tertiary/aromatic N) is 2. The number of benzene rings is 1. The molecule has 0 atom stereocenters. The zero-order chi connectivity index (χ0) is 14.7. The van der Waals surface area contributed by atoms with E-state index < -0.39 is 10.9 Å². The number of nitro benzene ring substituents is 1. The topological polar surface area (TPSA) is 103 Å². The molecule has 0 aliphatic carbocycles. The molecule has 20 heavy (non-hydrogen) atoms. The van der Waals surface area contributed by atoms with Crippen LogP contribution in [0.4, 0.5) is 5.69 Å². The van der Waals surface area contributed by atoms with E-state index in [-0.39, 0.29) is 22.9 Å². The number of hydrogen-bond donors (Lipinski definition) is 1. The van der Waals surface area contributed by atoms with Crippen LogP contribution in [0.2, 0.25) is 0 Å². The Bertz CT molecular complexity index is 684. The summed E-state index contributed by atoms with van der Waals surface area (Å²) in [4.78, 5) is 25.2. The van der Waals surface area contributed by atoms with Gasteiger partial charge in [0.1, 0.15) is 5.56 Å². The smallest absolute Gasteiger partial charge is 0.341 e. The van der Waals surface area contributed by atoms with E-state index in [9.17, 15) is 14.9 Å². The zero-order valence-electron chi connectivity index (χ0n) is 10.4. The molecule has 1 aromatic carbocycles. The number of carboxylic acid groups (broad SMARTS) is 1. The highest BCUT2D eigenvalue weighted by atomic mass is 16.6. The number of hydrogen-bond acceptors (Lipinski definition) is 5. The Labute approximate surface area is 113 Å². The minimum atomic E-state index is -1.22. The summed E-state index contributed by atoms with van der Waals surface area (Å²) in [5, 5.41) is 20.0. The van der Waals surface area contributed by atoms with Crippen LogP contribution in [0.5, 0.6) is 11.6 Å². The van der Waals surface area contributed by atoms with Crippen molar-refractivity contribution in [2.24, 2.45) is 0 Å². The van der Waals surface area contributed by atoms with Crippen molar-refractivity contribution < 1.29 is 19.6 Å². The van der Waals surface area contributed by atoms with Gasteiger partial charge < -0.3 is 9.84 Å². The van der Waals surface area contributed by atoms with E-state index in [2.05, 4.69) is 4.98 Å². The first kappa shape index (κ1) is 13.5. The summed E-state index contributed by atoms with van der Waals surface area (Å²) in [5.74, 6) is -1.45. The summed E-state index contributed by atoms with van der Waals surface area (Å²) in [5.41, 5.74) is 0.333. The van der Waals surface area contributed by atoms with Crippen LogP contribution in [0.3, 0.4) is 0 Å². The van der Waals surface area contributed by atoms with Crippen LogP contribution < -0.4 is 4.74 Å². The van der Waals surface area contributed by atoms with Gasteiger partial charge in [-0.3, -0.25) is 10.1 Å². The lowest BCUT2D eigenvalue weighted by molar-refractivity contribution is -0.385. The average Bonchev–Trinajstić information content (AvgIpc) is 2.38. The number of aromatic nitrogens is 1. The first-order valence-corrected chi connectivity index (χ1v) is 5.60. The molecule has 0 bridgehead atoms. The largest absolute Gasteiger partial charge is 0.477 e. The number of aryl methyl sites for hydroxylation is 1. The normalized spacial score (nSPS) is 10.1. The second-order valence-corrected chi connectivity index (χ2v) is 3.99. The number of aromatic carboxylic acids is 1. The van der Waals surface area contributed by atoms with E-state index in [4.69, 9.17) is 9.84 Å². The summed E-state index contributed by atoms with van der Waals surface area (Å²) in [6, 6.07) is 7.08. The van der Waals surface area contributed by atoms with Crippen molar-refractivity contribution >= 4 is 11.7 Å². The molecule has 1 aromatic heterocycles. The number of carboxylic acids is 1. The van der Waals surface area contributed by atoms with Gasteiger partial charge in [0.15, 0.2) is 0 Å². The Balaban J connectivity index is 2.47. The molecule has 7 nitrogen and oxygen atoms in total. The Morgan fingerprint density at radius 1 is 1.40 bits per heavy atom. The van der Waals surface area contributed by atoms with Crippen molar-refractivity contribution in [2.45, 2.75) is 6.92 Å². The Hall–Kier alpha value is -2.96. The molecule has 1 N–H and O–H groups in total. The summed E-state index contributed by atoms with van der Waals surface area (Å²) in [6.07, 6.45) is 1.35. The minimum Gasteiger partial charge on any atom is -0.477 e. The predicted octanol–water partition coefficient (Wildman–Crippen LogP) is 2.79. The van der Waals surface area contributed by atoms with Crippen LogP contribution in [0, 0.1) is 17.0 Å². The standard InChI is InChI=1S/C13H10N2O5/c1-8-4-5-10(15(18)19)11(7-8)20-12-9(13(16)17)3-2-6-14-12/h2-7H,1H3,(H,16,17). The third-order valence-corrected chi connectivity index (χ3v) is 2.52. The van der Waals surface area contributed by atoms with Crippen LogP contribution in [0.15, 0.2) is 36.5 Å². The highest BCUT2D eigenvalue weighted by Gasteiger charge is 2.19. The van der Waals surface area contributed by atoms with Crippen molar-refractivity contribution in [2.75, 3.05) is 0 Å². The summed E-state index contributed by atoms with van der Waals surface area (Å²) >= 11 is 0. The van der Waals surface area contributed by atoms with E-state index in [1.165, 1.54) is 30.5 Å². The van der Waals surface area contributed by atoms with E-state index in [1.807, 2.05) is 0 Å². The molecule has 102 valence electrons. The van der Waals surface area contributed by atoms with Crippen LogP contribution in [-0.4, -0.2) is 21.0 Å². The molecule has 2 rings (SSSR count). The Morgan fingerprint density at radius 3 is 2.80 bits per heavy atom. The van der Waals surface area contributed by atoms with Crippen LogP contribution in [0.1, 0.15) is 15.9 Å². The number of rotatable bonds is 4. The monoisotopic (exact) mass is 274 g/mol. The quantitative estimate of drug-likeness (QED) is 0.679. The molecule has 0 radical (unpaired) electrons. The van der Waals surface area contributed by atoms with Gasteiger partial charge in [-0.15, -0.1) is 0 Å². The van der Waals surface area contributed by atoms with Crippen molar-refractivity contribution in [3.63, 3.8) is 0 Å². The first-order valence-electron chi connectivity index (χ1n) is 5.60. The average molecular weight is 274 g/mol. The number of pyridine rings is 1. The van der Waals surface area contributed by atoms with E-state index in [1.54, 1.807) is 13.0 Å². The molecule has 0 aliphatic rings. The first-order chi connectivity index (χ1) is 9.49. The van der Waals surface area contributed by atoms with Crippen molar-refractivity contribution in [3.05, 3.63) is 57.8 Å². The Morgan fingerprint density at radius 2 is 2.15 bits per heavy atom. The molecular weight excluding hydrogens is 264 g/mol. The van der Waals surface area contributed by atoms with Gasteiger partial charge in [-0.05, 0) is 30.7 Å². The predicted molar refractivity (Wildman–Crippen MR) is 69.1 cm³/mol. The number of nitro groups is 1. The molecule has 0 fully saturated rings. The van der Waals surface area contributed by atoms with Gasteiger partial charge in [0, 0.05) is 12.3 Å². The van der Waals surface area contributed by atoms with Gasteiger partial charge in [-0.1, -0.05) is 6.07 Å². The van der Waals surface area contributed by atoms with Gasteiger partial charge in [0.05, 0.1) is 4.92 Å². The minimum absolute atomic E-state index is 0.0452. The van der Waals surface area contributed by atoms with Gasteiger partial charge in [-0.25, -0.2) is 9.78 Å². The van der Waals surface area contributed by atoms with Crippen LogP contribution in [0.25, 0.3) is 0 Å². The molecule has 0 unspecified atom stereocenters. The lowest BCUT2D eigenvalue weighted by atomic mass is 10.2. The van der Waals surface area contributed by atoms with Crippen LogP contribution in [-0.2, 0) is 0 Å². The Kier molecular flexibility index (Phi) is 3.60. The van der Waals surface area contributed by atoms with Crippen LogP contribution >= 0.6 is 0 Å². The van der Waals surface area contributed by atoms with E-state index >= 15 is 0 Å². The molecule has 0 saturated carbocycles. The third kappa shape index (κ3) is 2.72. The van der Waals surface area contributed by atoms with E-state index in [0.29, 0.717) is 0 Å². The SMILES string of the molecule is Cc1ccc([N+](=O)[O-])c(Oc2ncccc2C(=O)O)c1. The second kappa shape index (κ2) is 5.35. The van der Waals surface area contributed by atoms with Gasteiger partial charge in [-0.2, -0.15) is 0 Å². The highest BCUT2D eigenvalue weighted by molar-refractivity contribution is 5.90. The molecule has 2 aromatic rings. The lowest BCUT2D eigenvalue weighted by Crippen LogP contribution is -2.02. The fraction of sp³-hybridized carbons (Fsp3) is 0.0769. The molecular formula is C13H10N2O5. The fourth-order valence-electron chi connectivity index (χ4n) is 1.59. The molecule has 0 spiro atoms. The van der Waals surface area contributed by atoms with Gasteiger partial charge >= 0.3 is 11.7 Å². The molecule has 0 amide bonds. The van der Waals surface area contributed by atoms with E-state index in [0.717, 1.165) is 5.56 Å². The maximum absolute atomic E-state index is 11.0. The van der Waals surface area contributed by atoms with Crippen molar-refractivity contribution in [1.82, 2.24) is 4.98 Å². The molecule has 1 heterocycles.